The van der Waals surface area contributed by atoms with E-state index in [1.165, 1.54) is 17.7 Å². The third-order valence-electron chi connectivity index (χ3n) is 3.86. The summed E-state index contributed by atoms with van der Waals surface area (Å²) in [6.07, 6.45) is 1.99. The molecule has 26 heavy (non-hydrogen) atoms. The van der Waals surface area contributed by atoms with Crippen molar-refractivity contribution in [2.24, 2.45) is 0 Å². The molecule has 0 spiro atoms. The van der Waals surface area contributed by atoms with Crippen LogP contribution >= 0.6 is 23.2 Å². The smallest absolute Gasteiger partial charge is 0.341 e. The molecule has 0 atom stereocenters. The minimum atomic E-state index is -1.08. The summed E-state index contributed by atoms with van der Waals surface area (Å²) in [5, 5.41) is 10.2. The van der Waals surface area contributed by atoms with E-state index in [2.05, 4.69) is 18.8 Å². The second kappa shape index (κ2) is 7.48. The molecule has 0 aliphatic heterocycles. The quantitative estimate of drug-likeness (QED) is 0.550. The Bertz CT molecular complexity index is 942. The molecule has 3 aromatic rings. The van der Waals surface area contributed by atoms with Gasteiger partial charge < -0.3 is 19.6 Å². The predicted molar refractivity (Wildman–Crippen MR) is 102 cm³/mol. The number of ether oxygens (including phenoxy) is 2. The second-order valence-corrected chi connectivity index (χ2v) is 6.92. The van der Waals surface area contributed by atoms with Gasteiger partial charge in [-0.05, 0) is 29.7 Å². The highest BCUT2D eigenvalue weighted by Gasteiger charge is 2.14. The van der Waals surface area contributed by atoms with Gasteiger partial charge in [0.2, 0.25) is 0 Å². The van der Waals surface area contributed by atoms with Crippen LogP contribution in [-0.2, 0) is 4.79 Å². The summed E-state index contributed by atoms with van der Waals surface area (Å²) in [6.45, 7) is 3.77. The Hall–Kier alpha value is -2.37. The topological polar surface area (TPSA) is 71.5 Å². The molecule has 0 radical (unpaired) electrons. The zero-order valence-corrected chi connectivity index (χ0v) is 15.7. The minimum absolute atomic E-state index is 0.233. The first-order valence-corrected chi connectivity index (χ1v) is 8.73. The van der Waals surface area contributed by atoms with Gasteiger partial charge in [-0.2, -0.15) is 0 Å². The Labute approximate surface area is 160 Å². The molecule has 0 aliphatic rings. The van der Waals surface area contributed by atoms with Crippen molar-refractivity contribution in [1.82, 2.24) is 4.98 Å². The number of rotatable bonds is 6. The summed E-state index contributed by atoms with van der Waals surface area (Å²) in [5.41, 5.74) is 2.22. The van der Waals surface area contributed by atoms with Gasteiger partial charge in [0, 0.05) is 29.2 Å². The van der Waals surface area contributed by atoms with Gasteiger partial charge in [0.15, 0.2) is 12.4 Å². The van der Waals surface area contributed by atoms with Crippen LogP contribution in [0.2, 0.25) is 10.0 Å². The summed E-state index contributed by atoms with van der Waals surface area (Å²) < 4.78 is 11.0. The van der Waals surface area contributed by atoms with Crippen LogP contribution in [0.25, 0.3) is 10.9 Å². The van der Waals surface area contributed by atoms with E-state index in [9.17, 15) is 4.79 Å². The molecule has 0 bridgehead atoms. The molecule has 1 heterocycles. The standard InChI is InChI=1S/C19H17Cl2NO4/c1-10(2)14-8-22-17-4-3-11(5-13(14)17)26-19-15(20)6-12(7-16(19)21)25-9-18(23)24/h3-8,10,22H,9H2,1-2H3,(H,23,24). The summed E-state index contributed by atoms with van der Waals surface area (Å²) >= 11 is 12.5. The third-order valence-corrected chi connectivity index (χ3v) is 4.42. The lowest BCUT2D eigenvalue weighted by Gasteiger charge is -2.12. The van der Waals surface area contributed by atoms with Crippen molar-refractivity contribution in [3.63, 3.8) is 0 Å². The zero-order valence-electron chi connectivity index (χ0n) is 14.2. The number of nitrogens with one attached hydrogen (secondary N) is 1. The lowest BCUT2D eigenvalue weighted by atomic mass is 10.0. The van der Waals surface area contributed by atoms with Crippen molar-refractivity contribution in [3.8, 4) is 17.2 Å². The fourth-order valence-corrected chi connectivity index (χ4v) is 3.19. The first-order chi connectivity index (χ1) is 12.3. The van der Waals surface area contributed by atoms with Gasteiger partial charge in [-0.1, -0.05) is 37.0 Å². The summed E-state index contributed by atoms with van der Waals surface area (Å²) in [5.74, 6) is 0.437. The molecule has 2 aromatic carbocycles. The Morgan fingerprint density at radius 3 is 2.46 bits per heavy atom. The second-order valence-electron chi connectivity index (χ2n) is 6.11. The van der Waals surface area contributed by atoms with E-state index in [1.54, 1.807) is 0 Å². The number of H-pyrrole nitrogens is 1. The lowest BCUT2D eigenvalue weighted by Crippen LogP contribution is -2.09. The van der Waals surface area contributed by atoms with Crippen molar-refractivity contribution in [2.45, 2.75) is 19.8 Å². The Morgan fingerprint density at radius 1 is 1.15 bits per heavy atom. The normalized spacial score (nSPS) is 11.1. The monoisotopic (exact) mass is 393 g/mol. The van der Waals surface area contributed by atoms with Crippen LogP contribution in [0.5, 0.6) is 17.2 Å². The summed E-state index contributed by atoms with van der Waals surface area (Å²) in [4.78, 5) is 13.8. The van der Waals surface area contributed by atoms with Gasteiger partial charge in [0.25, 0.3) is 0 Å². The van der Waals surface area contributed by atoms with E-state index in [1.807, 2.05) is 24.4 Å². The number of benzene rings is 2. The van der Waals surface area contributed by atoms with Crippen molar-refractivity contribution in [3.05, 3.63) is 52.1 Å². The molecule has 3 rings (SSSR count). The molecule has 1 aromatic heterocycles. The summed E-state index contributed by atoms with van der Waals surface area (Å²) in [6, 6.07) is 8.63. The van der Waals surface area contributed by atoms with Crippen molar-refractivity contribution in [2.75, 3.05) is 6.61 Å². The molecule has 136 valence electrons. The van der Waals surface area contributed by atoms with E-state index in [-0.39, 0.29) is 21.5 Å². The van der Waals surface area contributed by atoms with E-state index in [4.69, 9.17) is 37.8 Å². The Kier molecular flexibility index (Phi) is 5.30. The number of carboxylic acid groups (broad SMARTS) is 1. The molecule has 0 aliphatic carbocycles. The van der Waals surface area contributed by atoms with Crippen LogP contribution < -0.4 is 9.47 Å². The number of aromatic amines is 1. The molecule has 2 N–H and O–H groups in total. The van der Waals surface area contributed by atoms with Crippen LogP contribution in [0.4, 0.5) is 0 Å². The predicted octanol–water partition coefficient (Wildman–Crippen LogP) is 5.85. The van der Waals surface area contributed by atoms with Crippen LogP contribution in [0.15, 0.2) is 36.5 Å². The van der Waals surface area contributed by atoms with Gasteiger partial charge >= 0.3 is 5.97 Å². The molecular weight excluding hydrogens is 377 g/mol. The van der Waals surface area contributed by atoms with E-state index >= 15 is 0 Å². The molecule has 7 heteroatoms. The van der Waals surface area contributed by atoms with E-state index < -0.39 is 12.6 Å². The number of aliphatic carboxylic acids is 1. The minimum Gasteiger partial charge on any atom is -0.482 e. The number of aromatic nitrogens is 1. The fourth-order valence-electron chi connectivity index (χ4n) is 2.64. The zero-order chi connectivity index (χ0) is 18.8. The number of carboxylic acids is 1. The molecule has 0 unspecified atom stereocenters. The van der Waals surface area contributed by atoms with Crippen LogP contribution in [0.3, 0.4) is 0 Å². The maximum atomic E-state index is 10.6. The lowest BCUT2D eigenvalue weighted by molar-refractivity contribution is -0.139. The van der Waals surface area contributed by atoms with Crippen LogP contribution in [-0.4, -0.2) is 22.7 Å². The highest BCUT2D eigenvalue weighted by molar-refractivity contribution is 6.37. The average Bonchev–Trinajstić information content (AvgIpc) is 2.99. The third kappa shape index (κ3) is 3.89. The average molecular weight is 394 g/mol. The highest BCUT2D eigenvalue weighted by atomic mass is 35.5. The Balaban J connectivity index is 1.89. The van der Waals surface area contributed by atoms with Crippen LogP contribution in [0.1, 0.15) is 25.3 Å². The van der Waals surface area contributed by atoms with E-state index in [0.717, 1.165) is 10.9 Å². The molecule has 0 fully saturated rings. The summed E-state index contributed by atoms with van der Waals surface area (Å²) in [7, 11) is 0. The van der Waals surface area contributed by atoms with Gasteiger partial charge in [-0.25, -0.2) is 4.79 Å². The fraction of sp³-hybridized carbons (Fsp3) is 0.211. The molecule has 5 nitrogen and oxygen atoms in total. The maximum absolute atomic E-state index is 10.6. The number of halogens is 2. The molecular formula is C19H17Cl2NO4. The van der Waals surface area contributed by atoms with Gasteiger partial charge in [-0.15, -0.1) is 0 Å². The van der Waals surface area contributed by atoms with Gasteiger partial charge in [0.1, 0.15) is 11.5 Å². The number of carbonyl (C=O) groups is 1. The largest absolute Gasteiger partial charge is 0.482 e. The molecule has 0 saturated heterocycles. The van der Waals surface area contributed by atoms with E-state index in [0.29, 0.717) is 11.7 Å². The van der Waals surface area contributed by atoms with Gasteiger partial charge in [-0.3, -0.25) is 0 Å². The highest BCUT2D eigenvalue weighted by Crippen LogP contribution is 2.40. The van der Waals surface area contributed by atoms with Crippen LogP contribution in [0, 0.1) is 0 Å². The first-order valence-electron chi connectivity index (χ1n) is 7.97. The Morgan fingerprint density at radius 2 is 1.85 bits per heavy atom. The van der Waals surface area contributed by atoms with Crippen molar-refractivity contribution < 1.29 is 19.4 Å². The number of hydrogen-bond acceptors (Lipinski definition) is 3. The molecule has 0 saturated carbocycles. The molecule has 0 amide bonds. The van der Waals surface area contributed by atoms with Crippen molar-refractivity contribution >= 4 is 40.1 Å². The first kappa shape index (κ1) is 18.4. The number of hydrogen-bond donors (Lipinski definition) is 2. The van der Waals surface area contributed by atoms with Gasteiger partial charge in [0.05, 0.1) is 10.0 Å². The maximum Gasteiger partial charge on any atom is 0.341 e. The number of fused-ring (bicyclic) bond motifs is 1. The van der Waals surface area contributed by atoms with Crippen molar-refractivity contribution in [1.29, 1.82) is 0 Å². The SMILES string of the molecule is CC(C)c1c[nH]c2ccc(Oc3c(Cl)cc(OCC(=O)O)cc3Cl)cc12.